The third-order valence-electron chi connectivity index (χ3n) is 2.41. The molecular formula is C12H22O4. The van der Waals surface area contributed by atoms with Crippen LogP contribution in [-0.4, -0.2) is 23.7 Å². The molecule has 0 aliphatic heterocycles. The summed E-state index contributed by atoms with van der Waals surface area (Å²) in [6.45, 7) is 4.16. The minimum Gasteiger partial charge on any atom is -0.481 e. The zero-order chi connectivity index (χ0) is 12.4. The maximum Gasteiger partial charge on any atom is 0.306 e. The molecule has 0 aliphatic rings. The molecule has 4 heteroatoms. The van der Waals surface area contributed by atoms with Crippen molar-refractivity contribution in [1.82, 2.24) is 0 Å². The van der Waals surface area contributed by atoms with Crippen LogP contribution in [-0.2, 0) is 14.3 Å². The predicted molar refractivity (Wildman–Crippen MR) is 61.1 cm³/mol. The topological polar surface area (TPSA) is 63.6 Å². The van der Waals surface area contributed by atoms with Gasteiger partial charge in [-0.2, -0.15) is 0 Å². The second kappa shape index (κ2) is 9.19. The third kappa shape index (κ3) is 8.26. The van der Waals surface area contributed by atoms with Gasteiger partial charge in [-0.15, -0.1) is 0 Å². The Morgan fingerprint density at radius 3 is 2.50 bits per heavy atom. The molecule has 0 rings (SSSR count). The Balaban J connectivity index is 3.33. The average Bonchev–Trinajstić information content (AvgIpc) is 2.25. The van der Waals surface area contributed by atoms with Crippen molar-refractivity contribution >= 4 is 11.9 Å². The van der Waals surface area contributed by atoms with Gasteiger partial charge in [-0.1, -0.05) is 26.7 Å². The summed E-state index contributed by atoms with van der Waals surface area (Å²) in [5.74, 6) is -1.18. The zero-order valence-corrected chi connectivity index (χ0v) is 10.2. The quantitative estimate of drug-likeness (QED) is 0.488. The van der Waals surface area contributed by atoms with Crippen LogP contribution in [0.2, 0.25) is 0 Å². The molecule has 0 fully saturated rings. The van der Waals surface area contributed by atoms with Gasteiger partial charge in [0.15, 0.2) is 0 Å². The van der Waals surface area contributed by atoms with Crippen LogP contribution in [0.15, 0.2) is 0 Å². The highest BCUT2D eigenvalue weighted by molar-refractivity contribution is 5.69. The Morgan fingerprint density at radius 2 is 1.94 bits per heavy atom. The molecule has 0 saturated carbocycles. The van der Waals surface area contributed by atoms with E-state index in [4.69, 9.17) is 9.84 Å². The van der Waals surface area contributed by atoms with E-state index < -0.39 is 5.97 Å². The van der Waals surface area contributed by atoms with Crippen molar-refractivity contribution in [2.45, 2.75) is 52.4 Å². The fourth-order valence-corrected chi connectivity index (χ4v) is 1.31. The monoisotopic (exact) mass is 230 g/mol. The van der Waals surface area contributed by atoms with Crippen molar-refractivity contribution in [3.8, 4) is 0 Å². The van der Waals surface area contributed by atoms with Gasteiger partial charge in [0.05, 0.1) is 12.5 Å². The lowest BCUT2D eigenvalue weighted by molar-refractivity contribution is -0.144. The Labute approximate surface area is 97.0 Å². The molecule has 0 aromatic heterocycles. The summed E-state index contributed by atoms with van der Waals surface area (Å²) in [4.78, 5) is 21.6. The lowest BCUT2D eigenvalue weighted by Gasteiger charge is -2.05. The Bertz CT molecular complexity index is 213. The number of carboxylic acids is 1. The van der Waals surface area contributed by atoms with E-state index in [1.54, 1.807) is 6.92 Å². The highest BCUT2D eigenvalue weighted by atomic mass is 16.5. The van der Waals surface area contributed by atoms with E-state index in [-0.39, 0.29) is 11.9 Å². The molecule has 0 radical (unpaired) electrons. The lowest BCUT2D eigenvalue weighted by atomic mass is 10.0. The predicted octanol–water partition coefficient (Wildman–Crippen LogP) is 2.61. The minimum absolute atomic E-state index is 0.145. The van der Waals surface area contributed by atoms with E-state index in [1.807, 2.05) is 6.92 Å². The van der Waals surface area contributed by atoms with Crippen LogP contribution < -0.4 is 0 Å². The van der Waals surface area contributed by atoms with E-state index >= 15 is 0 Å². The average molecular weight is 230 g/mol. The molecule has 0 aromatic rings. The van der Waals surface area contributed by atoms with E-state index in [2.05, 4.69) is 0 Å². The minimum atomic E-state index is -0.748. The molecule has 0 aromatic carbocycles. The number of carbonyl (C=O) groups is 2. The Kier molecular flexibility index (Phi) is 8.58. The molecule has 0 saturated heterocycles. The molecular weight excluding hydrogens is 208 g/mol. The summed E-state index contributed by atoms with van der Waals surface area (Å²) >= 11 is 0. The SMILES string of the molecule is CCCOC(=O)CCCCCC(C)C(=O)O. The van der Waals surface area contributed by atoms with Gasteiger partial charge in [0.2, 0.25) is 0 Å². The fraction of sp³-hybridized carbons (Fsp3) is 0.833. The number of ether oxygens (including phenoxy) is 1. The molecule has 1 N–H and O–H groups in total. The zero-order valence-electron chi connectivity index (χ0n) is 10.2. The van der Waals surface area contributed by atoms with Gasteiger partial charge < -0.3 is 9.84 Å². The summed E-state index contributed by atoms with van der Waals surface area (Å²) < 4.78 is 4.92. The number of carboxylic acid groups (broad SMARTS) is 1. The number of hydrogen-bond donors (Lipinski definition) is 1. The van der Waals surface area contributed by atoms with Crippen molar-refractivity contribution in [1.29, 1.82) is 0 Å². The van der Waals surface area contributed by atoms with E-state index in [0.29, 0.717) is 19.4 Å². The van der Waals surface area contributed by atoms with Gasteiger partial charge in [-0.3, -0.25) is 9.59 Å². The number of rotatable bonds is 9. The Hall–Kier alpha value is -1.06. The summed E-state index contributed by atoms with van der Waals surface area (Å²) in [6.07, 6.45) is 4.50. The first-order valence-corrected chi connectivity index (χ1v) is 5.96. The van der Waals surface area contributed by atoms with Crippen molar-refractivity contribution < 1.29 is 19.4 Å². The van der Waals surface area contributed by atoms with Crippen molar-refractivity contribution in [3.63, 3.8) is 0 Å². The highest BCUT2D eigenvalue weighted by Crippen LogP contribution is 2.10. The van der Waals surface area contributed by atoms with Gasteiger partial charge >= 0.3 is 11.9 Å². The third-order valence-corrected chi connectivity index (χ3v) is 2.41. The first-order chi connectivity index (χ1) is 7.57. The standard InChI is InChI=1S/C12H22O4/c1-3-9-16-11(13)8-6-4-5-7-10(2)12(14)15/h10H,3-9H2,1-2H3,(H,14,15). The van der Waals surface area contributed by atoms with Gasteiger partial charge in [0, 0.05) is 6.42 Å². The second-order valence-corrected chi connectivity index (χ2v) is 4.06. The van der Waals surface area contributed by atoms with Gasteiger partial charge in [-0.25, -0.2) is 0 Å². The number of carbonyl (C=O) groups excluding carboxylic acids is 1. The van der Waals surface area contributed by atoms with Crippen LogP contribution in [0.25, 0.3) is 0 Å². The number of hydrogen-bond acceptors (Lipinski definition) is 3. The first-order valence-electron chi connectivity index (χ1n) is 5.96. The lowest BCUT2D eigenvalue weighted by Crippen LogP contribution is -2.09. The van der Waals surface area contributed by atoms with Crippen molar-refractivity contribution in [2.75, 3.05) is 6.61 Å². The molecule has 1 unspecified atom stereocenters. The molecule has 94 valence electrons. The summed E-state index contributed by atoms with van der Waals surface area (Å²) in [5.41, 5.74) is 0. The number of aliphatic carboxylic acids is 1. The summed E-state index contributed by atoms with van der Waals surface area (Å²) in [5, 5.41) is 8.65. The maximum absolute atomic E-state index is 11.1. The maximum atomic E-state index is 11.1. The van der Waals surface area contributed by atoms with Crippen LogP contribution in [0.3, 0.4) is 0 Å². The molecule has 0 bridgehead atoms. The molecule has 1 atom stereocenters. The number of esters is 1. The smallest absolute Gasteiger partial charge is 0.306 e. The van der Waals surface area contributed by atoms with E-state index in [9.17, 15) is 9.59 Å². The molecule has 0 aliphatic carbocycles. The van der Waals surface area contributed by atoms with Crippen LogP contribution >= 0.6 is 0 Å². The van der Waals surface area contributed by atoms with Gasteiger partial charge in [0.25, 0.3) is 0 Å². The Morgan fingerprint density at radius 1 is 1.25 bits per heavy atom. The van der Waals surface area contributed by atoms with Crippen LogP contribution in [0.4, 0.5) is 0 Å². The van der Waals surface area contributed by atoms with E-state index in [1.165, 1.54) is 0 Å². The normalized spacial score (nSPS) is 12.1. The fourth-order valence-electron chi connectivity index (χ4n) is 1.31. The van der Waals surface area contributed by atoms with Gasteiger partial charge in [-0.05, 0) is 19.3 Å². The van der Waals surface area contributed by atoms with Gasteiger partial charge in [0.1, 0.15) is 0 Å². The summed E-state index contributed by atoms with van der Waals surface area (Å²) in [6, 6.07) is 0. The highest BCUT2D eigenvalue weighted by Gasteiger charge is 2.09. The summed E-state index contributed by atoms with van der Waals surface area (Å²) in [7, 11) is 0. The van der Waals surface area contributed by atoms with Crippen molar-refractivity contribution in [2.24, 2.45) is 5.92 Å². The first kappa shape index (κ1) is 14.9. The van der Waals surface area contributed by atoms with E-state index in [0.717, 1.165) is 25.7 Å². The number of unbranched alkanes of at least 4 members (excludes halogenated alkanes) is 2. The van der Waals surface area contributed by atoms with Crippen LogP contribution in [0.5, 0.6) is 0 Å². The molecule has 16 heavy (non-hydrogen) atoms. The molecule has 4 nitrogen and oxygen atoms in total. The van der Waals surface area contributed by atoms with Crippen LogP contribution in [0, 0.1) is 5.92 Å². The molecule has 0 heterocycles. The van der Waals surface area contributed by atoms with Crippen LogP contribution in [0.1, 0.15) is 52.4 Å². The molecule has 0 spiro atoms. The molecule has 0 amide bonds. The largest absolute Gasteiger partial charge is 0.481 e. The second-order valence-electron chi connectivity index (χ2n) is 4.06. The van der Waals surface area contributed by atoms with Crippen molar-refractivity contribution in [3.05, 3.63) is 0 Å².